The van der Waals surface area contributed by atoms with Gasteiger partial charge in [0.05, 0.1) is 17.3 Å². The number of ether oxygens (including phenoxy) is 1. The van der Waals surface area contributed by atoms with Gasteiger partial charge in [-0.05, 0) is 49.6 Å². The SMILES string of the molecule is NNC(c1csnn1)C1CCOC2(CCC2)C1. The zero-order valence-electron chi connectivity index (χ0n) is 9.76. The Hall–Kier alpha value is -0.560. The molecule has 6 heteroatoms. The topological polar surface area (TPSA) is 73.1 Å². The molecule has 17 heavy (non-hydrogen) atoms. The second-order valence-electron chi connectivity index (χ2n) is 5.11. The van der Waals surface area contributed by atoms with Gasteiger partial charge in [0.25, 0.3) is 0 Å². The third kappa shape index (κ3) is 2.10. The van der Waals surface area contributed by atoms with E-state index in [4.69, 9.17) is 10.6 Å². The predicted octanol–water partition coefficient (Wildman–Crippen LogP) is 1.39. The zero-order chi connectivity index (χ0) is 11.7. The molecule has 0 aromatic carbocycles. The maximum absolute atomic E-state index is 5.94. The minimum absolute atomic E-state index is 0.120. The first-order chi connectivity index (χ1) is 8.33. The minimum atomic E-state index is 0.120. The molecule has 1 saturated carbocycles. The molecule has 2 atom stereocenters. The van der Waals surface area contributed by atoms with Gasteiger partial charge in [-0.15, -0.1) is 5.10 Å². The van der Waals surface area contributed by atoms with Crippen LogP contribution in [0.5, 0.6) is 0 Å². The van der Waals surface area contributed by atoms with E-state index in [1.54, 1.807) is 0 Å². The molecule has 1 saturated heterocycles. The fourth-order valence-corrected chi connectivity index (χ4v) is 3.53. The Labute approximate surface area is 105 Å². The largest absolute Gasteiger partial charge is 0.375 e. The van der Waals surface area contributed by atoms with Gasteiger partial charge < -0.3 is 4.74 Å². The number of rotatable bonds is 3. The monoisotopic (exact) mass is 254 g/mol. The molecule has 1 aliphatic heterocycles. The van der Waals surface area contributed by atoms with Gasteiger partial charge in [0.2, 0.25) is 0 Å². The van der Waals surface area contributed by atoms with Gasteiger partial charge in [-0.3, -0.25) is 11.3 Å². The minimum Gasteiger partial charge on any atom is -0.375 e. The first kappa shape index (κ1) is 11.5. The summed E-state index contributed by atoms with van der Waals surface area (Å²) in [5.41, 5.74) is 4.03. The van der Waals surface area contributed by atoms with E-state index in [9.17, 15) is 0 Å². The van der Waals surface area contributed by atoms with Crippen LogP contribution in [0.25, 0.3) is 0 Å². The Kier molecular flexibility index (Phi) is 3.12. The highest BCUT2D eigenvalue weighted by Gasteiger charge is 2.44. The third-order valence-electron chi connectivity index (χ3n) is 4.14. The smallest absolute Gasteiger partial charge is 0.0941 e. The van der Waals surface area contributed by atoms with Gasteiger partial charge in [0.15, 0.2) is 0 Å². The number of nitrogens with two attached hydrogens (primary N) is 1. The number of hydrogen-bond donors (Lipinski definition) is 2. The molecule has 0 radical (unpaired) electrons. The summed E-state index contributed by atoms with van der Waals surface area (Å²) in [6.45, 7) is 0.848. The van der Waals surface area contributed by atoms with Crippen LogP contribution in [0.1, 0.15) is 43.8 Å². The molecule has 2 fully saturated rings. The quantitative estimate of drug-likeness (QED) is 0.630. The van der Waals surface area contributed by atoms with Gasteiger partial charge in [0.1, 0.15) is 0 Å². The molecular weight excluding hydrogens is 236 g/mol. The standard InChI is InChI=1S/C11H18N4OS/c12-13-10(9-7-17-15-14-9)8-2-5-16-11(6-8)3-1-4-11/h7-8,10,13H,1-6,12H2. The molecule has 94 valence electrons. The molecule has 2 aliphatic rings. The van der Waals surface area contributed by atoms with Crippen LogP contribution in [0.15, 0.2) is 5.38 Å². The van der Waals surface area contributed by atoms with Crippen LogP contribution >= 0.6 is 11.5 Å². The fraction of sp³-hybridized carbons (Fsp3) is 0.818. The van der Waals surface area contributed by atoms with Gasteiger partial charge in [0, 0.05) is 12.0 Å². The normalized spacial score (nSPS) is 28.9. The van der Waals surface area contributed by atoms with Crippen LogP contribution in [0.4, 0.5) is 0 Å². The first-order valence-electron chi connectivity index (χ1n) is 6.20. The van der Waals surface area contributed by atoms with Crippen molar-refractivity contribution in [2.24, 2.45) is 11.8 Å². The lowest BCUT2D eigenvalue weighted by Gasteiger charge is -2.48. The molecule has 3 rings (SSSR count). The molecule has 3 N–H and O–H groups in total. The van der Waals surface area contributed by atoms with Crippen molar-refractivity contribution in [2.75, 3.05) is 6.61 Å². The lowest BCUT2D eigenvalue weighted by atomic mass is 9.70. The number of hydrazine groups is 1. The lowest BCUT2D eigenvalue weighted by molar-refractivity contribution is -0.147. The van der Waals surface area contributed by atoms with E-state index in [0.29, 0.717) is 5.92 Å². The van der Waals surface area contributed by atoms with Crippen LogP contribution in [-0.2, 0) is 4.74 Å². The highest BCUT2D eigenvalue weighted by molar-refractivity contribution is 7.03. The fourth-order valence-electron chi connectivity index (χ4n) is 3.04. The maximum atomic E-state index is 5.94. The second-order valence-corrected chi connectivity index (χ2v) is 5.72. The first-order valence-corrected chi connectivity index (χ1v) is 7.04. The number of hydrogen-bond acceptors (Lipinski definition) is 6. The lowest BCUT2D eigenvalue weighted by Crippen LogP contribution is -2.48. The summed E-state index contributed by atoms with van der Waals surface area (Å²) < 4.78 is 9.86. The van der Waals surface area contributed by atoms with Crippen molar-refractivity contribution in [3.05, 3.63) is 11.1 Å². The van der Waals surface area contributed by atoms with Crippen molar-refractivity contribution in [3.8, 4) is 0 Å². The van der Waals surface area contributed by atoms with Crippen LogP contribution in [0.3, 0.4) is 0 Å². The van der Waals surface area contributed by atoms with Crippen LogP contribution in [0.2, 0.25) is 0 Å². The highest BCUT2D eigenvalue weighted by atomic mass is 32.1. The zero-order valence-corrected chi connectivity index (χ0v) is 10.6. The van der Waals surface area contributed by atoms with Crippen molar-refractivity contribution < 1.29 is 4.74 Å². The molecule has 1 spiro atoms. The molecule has 1 aliphatic carbocycles. The van der Waals surface area contributed by atoms with Crippen molar-refractivity contribution >= 4 is 11.5 Å². The van der Waals surface area contributed by atoms with E-state index in [1.807, 2.05) is 5.38 Å². The van der Waals surface area contributed by atoms with E-state index in [2.05, 4.69) is 15.0 Å². The van der Waals surface area contributed by atoms with Crippen LogP contribution in [0, 0.1) is 5.92 Å². The summed E-state index contributed by atoms with van der Waals surface area (Å²) in [5, 5.41) is 6.12. The molecule has 1 aromatic heterocycles. The summed E-state index contributed by atoms with van der Waals surface area (Å²) in [5.74, 6) is 6.20. The van der Waals surface area contributed by atoms with Crippen molar-refractivity contribution in [2.45, 2.75) is 43.7 Å². The predicted molar refractivity (Wildman–Crippen MR) is 65.2 cm³/mol. The molecule has 0 bridgehead atoms. The summed E-state index contributed by atoms with van der Waals surface area (Å²) in [6.07, 6.45) is 5.85. The Bertz CT molecular complexity index is 366. The van der Waals surface area contributed by atoms with E-state index in [0.717, 1.165) is 25.1 Å². The van der Waals surface area contributed by atoms with Crippen molar-refractivity contribution in [1.29, 1.82) is 0 Å². The Morgan fingerprint density at radius 1 is 1.59 bits per heavy atom. The number of nitrogens with one attached hydrogen (secondary N) is 1. The van der Waals surface area contributed by atoms with Gasteiger partial charge in [-0.1, -0.05) is 4.49 Å². The molecular formula is C11H18N4OS. The summed E-state index contributed by atoms with van der Waals surface area (Å²) >= 11 is 1.38. The molecule has 2 heterocycles. The average Bonchev–Trinajstić information content (AvgIpc) is 2.82. The van der Waals surface area contributed by atoms with Crippen molar-refractivity contribution in [3.63, 3.8) is 0 Å². The molecule has 1 aromatic rings. The second kappa shape index (κ2) is 4.61. The number of nitrogens with zero attached hydrogens (tertiary/aromatic N) is 2. The van der Waals surface area contributed by atoms with Gasteiger partial charge in [-0.25, -0.2) is 0 Å². The maximum Gasteiger partial charge on any atom is 0.0941 e. The van der Waals surface area contributed by atoms with Crippen LogP contribution in [-0.4, -0.2) is 21.8 Å². The van der Waals surface area contributed by atoms with E-state index < -0.39 is 0 Å². The summed E-state index contributed by atoms with van der Waals surface area (Å²) in [4.78, 5) is 0. The Balaban J connectivity index is 1.73. The van der Waals surface area contributed by atoms with E-state index >= 15 is 0 Å². The van der Waals surface area contributed by atoms with Crippen molar-refractivity contribution in [1.82, 2.24) is 15.0 Å². The van der Waals surface area contributed by atoms with Gasteiger partial charge >= 0.3 is 0 Å². The molecule has 0 amide bonds. The molecule has 5 nitrogen and oxygen atoms in total. The Morgan fingerprint density at radius 2 is 2.47 bits per heavy atom. The third-order valence-corrected chi connectivity index (χ3v) is 4.67. The van der Waals surface area contributed by atoms with E-state index in [1.165, 1.54) is 30.8 Å². The average molecular weight is 254 g/mol. The highest BCUT2D eigenvalue weighted by Crippen LogP contribution is 2.46. The van der Waals surface area contributed by atoms with Gasteiger partial charge in [-0.2, -0.15) is 0 Å². The number of aromatic nitrogens is 2. The van der Waals surface area contributed by atoms with E-state index in [-0.39, 0.29) is 11.6 Å². The summed E-state index contributed by atoms with van der Waals surface area (Å²) in [7, 11) is 0. The molecule has 2 unspecified atom stereocenters. The summed E-state index contributed by atoms with van der Waals surface area (Å²) in [6, 6.07) is 0.120. The van der Waals surface area contributed by atoms with Crippen LogP contribution < -0.4 is 11.3 Å². The Morgan fingerprint density at radius 3 is 3.06 bits per heavy atom.